The highest BCUT2D eigenvalue weighted by atomic mass is 16.4. The van der Waals surface area contributed by atoms with E-state index in [1.807, 2.05) is 24.3 Å². The van der Waals surface area contributed by atoms with Gasteiger partial charge in [0.05, 0.1) is 24.1 Å². The Morgan fingerprint density at radius 1 is 1.17 bits per heavy atom. The lowest BCUT2D eigenvalue weighted by atomic mass is 10.0. The van der Waals surface area contributed by atoms with Crippen LogP contribution in [0.4, 0.5) is 11.5 Å². The number of fused-ring (bicyclic) bond motifs is 1. The van der Waals surface area contributed by atoms with E-state index < -0.39 is 12.0 Å². The number of rotatable bonds is 13. The monoisotopic (exact) mass is 491 g/mol. The number of hydrogen-bond donors (Lipinski definition) is 5. The quantitative estimate of drug-likeness (QED) is 0.283. The summed E-state index contributed by atoms with van der Waals surface area (Å²) < 4.78 is 0. The van der Waals surface area contributed by atoms with Gasteiger partial charge in [0, 0.05) is 24.2 Å². The molecule has 0 bridgehead atoms. The summed E-state index contributed by atoms with van der Waals surface area (Å²) in [5.41, 5.74) is 9.56. The van der Waals surface area contributed by atoms with E-state index in [9.17, 15) is 14.7 Å². The molecular formula is C26H33N7O3. The minimum Gasteiger partial charge on any atom is -0.480 e. The lowest BCUT2D eigenvalue weighted by Crippen LogP contribution is -2.35. The van der Waals surface area contributed by atoms with Crippen LogP contribution in [0.2, 0.25) is 0 Å². The molecule has 0 aliphatic carbocycles. The Hall–Kier alpha value is -4.21. The zero-order chi connectivity index (χ0) is 26.2. The first-order valence-corrected chi connectivity index (χ1v) is 11.8. The fourth-order valence-corrected chi connectivity index (χ4v) is 3.56. The predicted molar refractivity (Wildman–Crippen MR) is 141 cm³/mol. The number of benzene rings is 1. The molecule has 2 heterocycles. The number of carbonyl (C=O) groups excluding carboxylic acids is 1. The lowest BCUT2D eigenvalue weighted by molar-refractivity contribution is -0.139. The van der Waals surface area contributed by atoms with Crippen molar-refractivity contribution in [1.82, 2.24) is 20.6 Å². The summed E-state index contributed by atoms with van der Waals surface area (Å²) in [4.78, 5) is 36.7. The van der Waals surface area contributed by atoms with Crippen LogP contribution in [0.3, 0.4) is 0 Å². The van der Waals surface area contributed by atoms with Crippen LogP contribution >= 0.6 is 0 Å². The number of anilines is 1. The van der Waals surface area contributed by atoms with Gasteiger partial charge in [-0.05, 0) is 36.5 Å². The summed E-state index contributed by atoms with van der Waals surface area (Å²) >= 11 is 0. The molecule has 3 rings (SSSR count). The first kappa shape index (κ1) is 26.4. The Labute approximate surface area is 210 Å². The highest BCUT2D eigenvalue weighted by Gasteiger charge is 2.20. The Kier molecular flexibility index (Phi) is 8.77. The summed E-state index contributed by atoms with van der Waals surface area (Å²) in [6.45, 7) is 12.4. The van der Waals surface area contributed by atoms with Gasteiger partial charge in [0.2, 0.25) is 0 Å². The molecule has 0 saturated carbocycles. The smallest absolute Gasteiger partial charge is 0.326 e. The molecule has 10 heteroatoms. The van der Waals surface area contributed by atoms with E-state index in [-0.39, 0.29) is 24.6 Å². The number of aromatic nitrogens is 2. The zero-order valence-electron chi connectivity index (χ0n) is 20.7. The number of Topliss-reactive ketones (excluding diaryl/α,β-unsaturated/α-hetero) is 1. The number of nitrogens with one attached hydrogen (secondary N) is 3. The van der Waals surface area contributed by atoms with Gasteiger partial charge in [0.1, 0.15) is 17.5 Å². The standard InChI is InChI=1S/C26H33N7O3/c1-15(2)5-10-21(34)11-12-22(25(35)36)30-16(3)18-6-8-19(9-7-18)28-13-20-14-29-24-23(32-20)17(4)31-26(27)33-24/h6-9,14-15,22,28,30H,3-5,10-13H2,1-2H3,(H,35,36)(H3,27,29,31,33). The number of carboxylic acid groups (broad SMARTS) is 1. The van der Waals surface area contributed by atoms with Gasteiger partial charge in [-0.1, -0.05) is 39.1 Å². The number of aliphatic carboxylic acids is 1. The van der Waals surface area contributed by atoms with Crippen LogP contribution in [0, 0.1) is 5.92 Å². The molecule has 10 nitrogen and oxygen atoms in total. The average molecular weight is 492 g/mol. The number of nitrogens with zero attached hydrogens (tertiary/aromatic N) is 3. The first-order chi connectivity index (χ1) is 17.1. The van der Waals surface area contributed by atoms with Crippen molar-refractivity contribution in [3.05, 3.63) is 60.6 Å². The number of carbonyl (C=O) groups is 2. The van der Waals surface area contributed by atoms with Crippen molar-refractivity contribution in [1.29, 1.82) is 0 Å². The normalized spacial score (nSPS) is 13.3. The number of ketones is 1. The third-order valence-corrected chi connectivity index (χ3v) is 5.66. The molecule has 1 aromatic heterocycles. The fraction of sp³-hybridized carbons (Fsp3) is 0.346. The van der Waals surface area contributed by atoms with Crippen molar-refractivity contribution in [2.24, 2.45) is 16.6 Å². The summed E-state index contributed by atoms with van der Waals surface area (Å²) in [5.74, 6) is 0.170. The minimum absolute atomic E-state index is 0.0823. The van der Waals surface area contributed by atoms with Gasteiger partial charge in [-0.15, -0.1) is 0 Å². The van der Waals surface area contributed by atoms with Crippen molar-refractivity contribution in [2.45, 2.75) is 52.1 Å². The Balaban J connectivity index is 1.53. The molecule has 0 fully saturated rings. The van der Waals surface area contributed by atoms with Crippen LogP contribution in [-0.2, 0) is 16.1 Å². The van der Waals surface area contributed by atoms with Crippen molar-refractivity contribution >= 4 is 40.6 Å². The maximum Gasteiger partial charge on any atom is 0.326 e. The maximum atomic E-state index is 12.1. The molecular weight excluding hydrogens is 458 g/mol. The van der Waals surface area contributed by atoms with E-state index in [0.29, 0.717) is 47.5 Å². The second-order valence-corrected chi connectivity index (χ2v) is 9.09. The molecule has 1 aliphatic rings. The largest absolute Gasteiger partial charge is 0.480 e. The van der Waals surface area contributed by atoms with Gasteiger partial charge in [0.15, 0.2) is 11.8 Å². The van der Waals surface area contributed by atoms with E-state index >= 15 is 0 Å². The van der Waals surface area contributed by atoms with Crippen molar-refractivity contribution in [2.75, 3.05) is 5.32 Å². The number of aliphatic imine (C=N–C) groups is 1. The van der Waals surface area contributed by atoms with Crippen LogP contribution in [0.15, 0.2) is 48.6 Å². The van der Waals surface area contributed by atoms with Gasteiger partial charge in [-0.2, -0.15) is 4.99 Å². The van der Waals surface area contributed by atoms with Crippen LogP contribution in [0.1, 0.15) is 56.5 Å². The molecule has 2 aromatic rings. The van der Waals surface area contributed by atoms with Crippen LogP contribution in [0.25, 0.3) is 11.4 Å². The number of guanidine groups is 1. The Morgan fingerprint density at radius 3 is 2.53 bits per heavy atom. The highest BCUT2D eigenvalue weighted by molar-refractivity contribution is 5.93. The first-order valence-electron chi connectivity index (χ1n) is 11.8. The second-order valence-electron chi connectivity index (χ2n) is 9.09. The van der Waals surface area contributed by atoms with Gasteiger partial charge in [-0.25, -0.2) is 14.8 Å². The van der Waals surface area contributed by atoms with E-state index in [1.165, 1.54) is 0 Å². The zero-order valence-corrected chi connectivity index (χ0v) is 20.7. The molecule has 6 N–H and O–H groups in total. The SMILES string of the molecule is C=C(NC(CCC(=O)CCC(C)C)C(=O)O)c1ccc(NCc2cnc3c(n2)C(=C)NC(N)=N3)cc1. The topological polar surface area (TPSA) is 155 Å². The van der Waals surface area contributed by atoms with Gasteiger partial charge >= 0.3 is 5.97 Å². The summed E-state index contributed by atoms with van der Waals surface area (Å²) in [7, 11) is 0. The van der Waals surface area contributed by atoms with Gasteiger partial charge in [0.25, 0.3) is 0 Å². The van der Waals surface area contributed by atoms with Crippen LogP contribution in [0.5, 0.6) is 0 Å². The van der Waals surface area contributed by atoms with E-state index in [2.05, 4.69) is 57.9 Å². The highest BCUT2D eigenvalue weighted by Crippen LogP contribution is 2.23. The molecule has 1 unspecified atom stereocenters. The third kappa shape index (κ3) is 7.39. The number of nitrogens with two attached hydrogens (primary N) is 1. The summed E-state index contributed by atoms with van der Waals surface area (Å²) in [6, 6.07) is 6.53. The van der Waals surface area contributed by atoms with E-state index in [1.54, 1.807) is 6.20 Å². The van der Waals surface area contributed by atoms with E-state index in [0.717, 1.165) is 17.7 Å². The van der Waals surface area contributed by atoms with Crippen molar-refractivity contribution < 1.29 is 14.7 Å². The van der Waals surface area contributed by atoms with Crippen LogP contribution in [-0.4, -0.2) is 38.8 Å². The molecule has 190 valence electrons. The van der Waals surface area contributed by atoms with Crippen molar-refractivity contribution in [3.63, 3.8) is 0 Å². The average Bonchev–Trinajstić information content (AvgIpc) is 2.84. The molecule has 1 aromatic carbocycles. The number of carboxylic acids is 1. The fourth-order valence-electron chi connectivity index (χ4n) is 3.56. The molecule has 1 atom stereocenters. The third-order valence-electron chi connectivity index (χ3n) is 5.66. The predicted octanol–water partition coefficient (Wildman–Crippen LogP) is 3.41. The van der Waals surface area contributed by atoms with Gasteiger partial charge in [-0.3, -0.25) is 4.79 Å². The molecule has 0 amide bonds. The second kappa shape index (κ2) is 12.0. The Morgan fingerprint density at radius 2 is 1.86 bits per heavy atom. The van der Waals surface area contributed by atoms with E-state index in [4.69, 9.17) is 5.73 Å². The van der Waals surface area contributed by atoms with Crippen LogP contribution < -0.4 is 21.7 Å². The molecule has 0 saturated heterocycles. The molecule has 0 radical (unpaired) electrons. The number of hydrogen-bond acceptors (Lipinski definition) is 9. The molecule has 36 heavy (non-hydrogen) atoms. The minimum atomic E-state index is -1.01. The van der Waals surface area contributed by atoms with Crippen molar-refractivity contribution in [3.8, 4) is 0 Å². The van der Waals surface area contributed by atoms with Gasteiger partial charge < -0.3 is 26.8 Å². The molecule has 0 spiro atoms. The Bertz CT molecular complexity index is 1170. The summed E-state index contributed by atoms with van der Waals surface area (Å²) in [5, 5.41) is 18.6. The summed E-state index contributed by atoms with van der Waals surface area (Å²) in [6.07, 6.45) is 3.35. The lowest BCUT2D eigenvalue weighted by Gasteiger charge is -2.18. The maximum absolute atomic E-state index is 12.1. The molecule has 1 aliphatic heterocycles.